The van der Waals surface area contributed by atoms with Gasteiger partial charge in [0.25, 0.3) is 0 Å². The molecule has 6 heteroatoms. The zero-order chi connectivity index (χ0) is 16.1. The number of carbonyl (C=O) groups excluding carboxylic acids is 1. The van der Waals surface area contributed by atoms with E-state index in [1.807, 2.05) is 48.0 Å². The van der Waals surface area contributed by atoms with Gasteiger partial charge in [0, 0.05) is 34.3 Å². The third-order valence-corrected chi connectivity index (χ3v) is 5.02. The maximum absolute atomic E-state index is 12.0. The zero-order valence-corrected chi connectivity index (χ0v) is 14.1. The third kappa shape index (κ3) is 4.12. The van der Waals surface area contributed by atoms with Crippen molar-refractivity contribution in [2.24, 2.45) is 0 Å². The van der Waals surface area contributed by atoms with Crippen molar-refractivity contribution < 1.29 is 4.79 Å². The number of amides is 1. The summed E-state index contributed by atoms with van der Waals surface area (Å²) in [6.07, 6.45) is 6.89. The number of carbonyl (C=O) groups is 1. The monoisotopic (exact) mass is 341 g/mol. The van der Waals surface area contributed by atoms with Crippen molar-refractivity contribution in [2.75, 3.05) is 0 Å². The molecule has 3 rings (SSSR count). The number of rotatable bonds is 5. The minimum Gasteiger partial charge on any atom is -0.344 e. The van der Waals surface area contributed by atoms with Gasteiger partial charge >= 0.3 is 0 Å². The Bertz CT molecular complexity index is 794. The number of thiazole rings is 1. The Kier molecular flexibility index (Phi) is 4.95. The van der Waals surface area contributed by atoms with E-state index in [1.165, 1.54) is 11.3 Å². The van der Waals surface area contributed by atoms with Crippen molar-refractivity contribution in [3.63, 3.8) is 0 Å². The van der Waals surface area contributed by atoms with Crippen LogP contribution in [-0.2, 0) is 4.79 Å². The Hall–Kier alpha value is -2.31. The van der Waals surface area contributed by atoms with E-state index in [4.69, 9.17) is 0 Å². The Balaban J connectivity index is 1.63. The molecule has 3 aromatic rings. The Morgan fingerprint density at radius 1 is 1.30 bits per heavy atom. The molecule has 1 N–H and O–H groups in total. The number of nitrogens with zero attached hydrogens (tertiary/aromatic N) is 2. The van der Waals surface area contributed by atoms with Crippen LogP contribution in [0.3, 0.4) is 0 Å². The second kappa shape index (κ2) is 7.30. The minimum atomic E-state index is -0.133. The molecule has 23 heavy (non-hydrogen) atoms. The highest BCUT2D eigenvalue weighted by Gasteiger charge is 2.13. The molecule has 3 aromatic heterocycles. The van der Waals surface area contributed by atoms with Gasteiger partial charge < -0.3 is 5.32 Å². The van der Waals surface area contributed by atoms with Crippen molar-refractivity contribution in [1.82, 2.24) is 15.3 Å². The van der Waals surface area contributed by atoms with E-state index >= 15 is 0 Å². The quantitative estimate of drug-likeness (QED) is 0.709. The fourth-order valence-electron chi connectivity index (χ4n) is 2.00. The van der Waals surface area contributed by atoms with Crippen LogP contribution in [-0.4, -0.2) is 15.9 Å². The van der Waals surface area contributed by atoms with E-state index in [-0.39, 0.29) is 11.9 Å². The van der Waals surface area contributed by atoms with Crippen LogP contribution in [0.4, 0.5) is 0 Å². The number of aromatic nitrogens is 2. The van der Waals surface area contributed by atoms with Crippen LogP contribution in [0.25, 0.3) is 17.3 Å². The molecule has 4 nitrogen and oxygen atoms in total. The lowest BCUT2D eigenvalue weighted by atomic mass is 10.2. The van der Waals surface area contributed by atoms with Crippen molar-refractivity contribution in [3.8, 4) is 11.3 Å². The third-order valence-electron chi connectivity index (χ3n) is 3.15. The largest absolute Gasteiger partial charge is 0.344 e. The summed E-state index contributed by atoms with van der Waals surface area (Å²) < 4.78 is 0. The molecule has 0 unspecified atom stereocenters. The van der Waals surface area contributed by atoms with Crippen molar-refractivity contribution in [1.29, 1.82) is 0 Å². The number of hydrogen-bond acceptors (Lipinski definition) is 5. The van der Waals surface area contributed by atoms with Crippen LogP contribution < -0.4 is 5.32 Å². The summed E-state index contributed by atoms with van der Waals surface area (Å²) >= 11 is 3.13. The summed E-state index contributed by atoms with van der Waals surface area (Å²) in [5.41, 5.74) is 1.86. The summed E-state index contributed by atoms with van der Waals surface area (Å²) in [5, 5.41) is 7.78. The normalized spacial score (nSPS) is 12.4. The molecule has 0 aliphatic rings. The predicted molar refractivity (Wildman–Crippen MR) is 95.3 cm³/mol. The maximum atomic E-state index is 12.0. The van der Waals surface area contributed by atoms with Gasteiger partial charge in [-0.05, 0) is 36.6 Å². The summed E-state index contributed by atoms with van der Waals surface area (Å²) in [6.45, 7) is 1.93. The van der Waals surface area contributed by atoms with E-state index in [0.717, 1.165) is 21.1 Å². The van der Waals surface area contributed by atoms with E-state index in [9.17, 15) is 4.79 Å². The van der Waals surface area contributed by atoms with Crippen LogP contribution in [0.2, 0.25) is 0 Å². The first-order valence-electron chi connectivity index (χ1n) is 7.10. The molecule has 3 heterocycles. The molecule has 0 bridgehead atoms. The molecule has 0 aromatic carbocycles. The second-order valence-corrected chi connectivity index (χ2v) is 6.76. The Morgan fingerprint density at radius 3 is 2.96 bits per heavy atom. The summed E-state index contributed by atoms with van der Waals surface area (Å²) in [5.74, 6) is -0.121. The van der Waals surface area contributed by atoms with Crippen molar-refractivity contribution in [3.05, 3.63) is 63.4 Å². The lowest BCUT2D eigenvalue weighted by Crippen LogP contribution is -2.24. The van der Waals surface area contributed by atoms with Gasteiger partial charge in [-0.15, -0.1) is 22.7 Å². The first-order valence-corrected chi connectivity index (χ1v) is 8.86. The molecule has 0 aliphatic carbocycles. The molecule has 0 fully saturated rings. The second-order valence-electron chi connectivity index (χ2n) is 4.89. The van der Waals surface area contributed by atoms with Crippen LogP contribution in [0, 0.1) is 0 Å². The summed E-state index contributed by atoms with van der Waals surface area (Å²) in [7, 11) is 0. The lowest BCUT2D eigenvalue weighted by Gasteiger charge is -2.08. The van der Waals surface area contributed by atoms with Gasteiger partial charge in [0.2, 0.25) is 5.91 Å². The standard InChI is InChI=1S/C17H15N3OS2/c1-12(19-16(21)7-6-14-5-3-9-22-14)17-20-15(11-23-17)13-4-2-8-18-10-13/h2-12H,1H3,(H,19,21)/b7-6+/t12-/m1/s1. The van der Waals surface area contributed by atoms with Crippen molar-refractivity contribution >= 4 is 34.7 Å². The molecule has 0 saturated heterocycles. The predicted octanol–water partition coefficient (Wildman–Crippen LogP) is 4.16. The molecule has 0 radical (unpaired) electrons. The molecule has 0 spiro atoms. The highest BCUT2D eigenvalue weighted by atomic mass is 32.1. The molecule has 1 atom stereocenters. The van der Waals surface area contributed by atoms with Gasteiger partial charge in [0.1, 0.15) is 5.01 Å². The average Bonchev–Trinajstić information content (AvgIpc) is 3.25. The maximum Gasteiger partial charge on any atom is 0.244 e. The van der Waals surface area contributed by atoms with Gasteiger partial charge in [0.15, 0.2) is 0 Å². The smallest absolute Gasteiger partial charge is 0.244 e. The van der Waals surface area contributed by atoms with Crippen LogP contribution in [0.1, 0.15) is 22.9 Å². The number of pyridine rings is 1. The van der Waals surface area contributed by atoms with Gasteiger partial charge in [-0.2, -0.15) is 0 Å². The van der Waals surface area contributed by atoms with Gasteiger partial charge in [-0.3, -0.25) is 9.78 Å². The van der Waals surface area contributed by atoms with E-state index in [1.54, 1.807) is 29.8 Å². The fraction of sp³-hybridized carbons (Fsp3) is 0.118. The highest BCUT2D eigenvalue weighted by molar-refractivity contribution is 7.10. The van der Waals surface area contributed by atoms with Crippen LogP contribution in [0.15, 0.2) is 53.5 Å². The van der Waals surface area contributed by atoms with Gasteiger partial charge in [0.05, 0.1) is 11.7 Å². The first-order chi connectivity index (χ1) is 11.2. The average molecular weight is 341 g/mol. The van der Waals surface area contributed by atoms with Crippen LogP contribution in [0.5, 0.6) is 0 Å². The van der Waals surface area contributed by atoms with Crippen molar-refractivity contribution in [2.45, 2.75) is 13.0 Å². The van der Waals surface area contributed by atoms with Gasteiger partial charge in [-0.25, -0.2) is 4.98 Å². The highest BCUT2D eigenvalue weighted by Crippen LogP contribution is 2.24. The molecule has 0 aliphatic heterocycles. The SMILES string of the molecule is C[C@@H](NC(=O)/C=C/c1cccs1)c1nc(-c2cccnc2)cs1. The first kappa shape index (κ1) is 15.6. The number of nitrogens with one attached hydrogen (secondary N) is 1. The van der Waals surface area contributed by atoms with Crippen LogP contribution >= 0.6 is 22.7 Å². The lowest BCUT2D eigenvalue weighted by molar-refractivity contribution is -0.117. The molecular weight excluding hydrogens is 326 g/mol. The fourth-order valence-corrected chi connectivity index (χ4v) is 3.45. The Morgan fingerprint density at radius 2 is 2.22 bits per heavy atom. The van der Waals surface area contributed by atoms with E-state index in [0.29, 0.717) is 0 Å². The summed E-state index contributed by atoms with van der Waals surface area (Å²) in [6, 6.07) is 7.65. The van der Waals surface area contributed by atoms with Gasteiger partial charge in [-0.1, -0.05) is 6.07 Å². The topological polar surface area (TPSA) is 54.9 Å². The Labute approximate surface area is 142 Å². The number of hydrogen-bond donors (Lipinski definition) is 1. The minimum absolute atomic E-state index is 0.121. The zero-order valence-electron chi connectivity index (χ0n) is 12.5. The molecular formula is C17H15N3OS2. The number of thiophene rings is 1. The van der Waals surface area contributed by atoms with E-state index < -0.39 is 0 Å². The summed E-state index contributed by atoms with van der Waals surface area (Å²) in [4.78, 5) is 21.7. The molecule has 0 saturated carbocycles. The van der Waals surface area contributed by atoms with E-state index in [2.05, 4.69) is 15.3 Å². The molecule has 1 amide bonds. The molecule has 116 valence electrons.